The maximum Gasteiger partial charge on any atom is 0.0946 e. The van der Waals surface area contributed by atoms with Gasteiger partial charge in [0, 0.05) is 24.4 Å². The monoisotopic (exact) mass is 288 g/mol. The molecule has 1 rings (SSSR count). The number of aliphatic hydroxyl groups is 1. The van der Waals surface area contributed by atoms with Crippen LogP contribution in [0.5, 0.6) is 0 Å². The Balaban J connectivity index is 2.09. The summed E-state index contributed by atoms with van der Waals surface area (Å²) in [7, 11) is 0. The van der Waals surface area contributed by atoms with E-state index in [9.17, 15) is 4.21 Å². The highest BCUT2D eigenvalue weighted by Gasteiger charge is 2.10. The van der Waals surface area contributed by atoms with Gasteiger partial charge in [-0.05, 0) is 12.2 Å². The summed E-state index contributed by atoms with van der Waals surface area (Å²) in [6, 6.07) is 0. The highest BCUT2D eigenvalue weighted by atomic mass is 32.1. The summed E-state index contributed by atoms with van der Waals surface area (Å²) in [5.74, 6) is 0. The van der Waals surface area contributed by atoms with Crippen LogP contribution in [-0.4, -0.2) is 53.8 Å². The number of allylic oxidation sites excluding steroid dienone is 4. The first-order valence-corrected chi connectivity index (χ1v) is 6.84. The van der Waals surface area contributed by atoms with Crippen molar-refractivity contribution in [3.05, 3.63) is 23.5 Å². The van der Waals surface area contributed by atoms with Crippen LogP contribution in [0.25, 0.3) is 0 Å². The lowest BCUT2D eigenvalue weighted by molar-refractivity contribution is 0.0344. The highest BCUT2D eigenvalue weighted by Crippen LogP contribution is 2.09. The van der Waals surface area contributed by atoms with Crippen molar-refractivity contribution in [2.24, 2.45) is 5.73 Å². The number of nitrogens with one attached hydrogen (secondary N) is 1. The van der Waals surface area contributed by atoms with Crippen molar-refractivity contribution in [2.75, 3.05) is 39.6 Å². The molecule has 0 aromatic carbocycles. The summed E-state index contributed by atoms with van der Waals surface area (Å²) >= 11 is 0.437. The van der Waals surface area contributed by atoms with Crippen LogP contribution < -0.4 is 11.1 Å². The number of rotatable bonds is 9. The minimum Gasteiger partial charge on any atom is -0.398 e. The van der Waals surface area contributed by atoms with E-state index in [4.69, 9.17) is 20.3 Å². The molecule has 0 heterocycles. The van der Waals surface area contributed by atoms with Crippen molar-refractivity contribution in [1.29, 1.82) is 0 Å². The molecule has 1 aliphatic rings. The number of hydrogen-bond donors (Lipinski definition) is 3. The molecule has 0 unspecified atom stereocenters. The molecule has 0 fully saturated rings. The van der Waals surface area contributed by atoms with Crippen LogP contribution >= 0.6 is 0 Å². The lowest BCUT2D eigenvalue weighted by Gasteiger charge is -2.15. The molecular weight excluding hydrogens is 268 g/mol. The Labute approximate surface area is 116 Å². The van der Waals surface area contributed by atoms with Crippen molar-refractivity contribution in [2.45, 2.75) is 6.42 Å². The Kier molecular flexibility index (Phi) is 8.15. The largest absolute Gasteiger partial charge is 0.398 e. The molecular formula is C12H20N2O4S. The minimum absolute atomic E-state index is 0.0307. The van der Waals surface area contributed by atoms with Crippen LogP contribution in [-0.2, 0) is 20.7 Å². The third-order valence-corrected chi connectivity index (χ3v) is 3.02. The molecule has 0 amide bonds. The molecule has 0 radical (unpaired) electrons. The standard InChI is InChI=1S/C12H20N2O4S/c13-11-2-1-10(9-12(11)19-16)14-3-5-17-7-8-18-6-4-15/h1-2,14-15H,3-9,13H2. The molecule has 0 aliphatic heterocycles. The smallest absolute Gasteiger partial charge is 0.0946 e. The molecule has 6 nitrogen and oxygen atoms in total. The van der Waals surface area contributed by atoms with Crippen molar-refractivity contribution >= 4 is 16.1 Å². The van der Waals surface area contributed by atoms with E-state index in [-0.39, 0.29) is 6.61 Å². The molecule has 0 atom stereocenters. The van der Waals surface area contributed by atoms with Gasteiger partial charge in [0.25, 0.3) is 0 Å². The summed E-state index contributed by atoms with van der Waals surface area (Å²) in [6.07, 6.45) is 4.16. The molecule has 0 saturated carbocycles. The highest BCUT2D eigenvalue weighted by molar-refractivity contribution is 7.67. The van der Waals surface area contributed by atoms with Gasteiger partial charge in [-0.2, -0.15) is 0 Å². The number of ether oxygens (including phenoxy) is 2. The first-order valence-electron chi connectivity index (χ1n) is 6.10. The second-order valence-electron chi connectivity index (χ2n) is 3.87. The maximum absolute atomic E-state index is 10.8. The number of nitrogens with two attached hydrogens (primary N) is 1. The average Bonchev–Trinajstić information content (AvgIpc) is 2.43. The van der Waals surface area contributed by atoms with E-state index < -0.39 is 0 Å². The van der Waals surface area contributed by atoms with Crippen molar-refractivity contribution in [3.8, 4) is 0 Å². The van der Waals surface area contributed by atoms with Crippen molar-refractivity contribution < 1.29 is 18.8 Å². The van der Waals surface area contributed by atoms with Gasteiger partial charge in [-0.1, -0.05) is 0 Å². The third-order valence-electron chi connectivity index (χ3n) is 2.44. The van der Waals surface area contributed by atoms with Gasteiger partial charge < -0.3 is 25.6 Å². The molecule has 108 valence electrons. The second kappa shape index (κ2) is 9.74. The van der Waals surface area contributed by atoms with Crippen LogP contribution in [0.2, 0.25) is 0 Å². The van der Waals surface area contributed by atoms with Gasteiger partial charge in [0.1, 0.15) is 0 Å². The van der Waals surface area contributed by atoms with E-state index in [1.807, 2.05) is 6.08 Å². The zero-order valence-corrected chi connectivity index (χ0v) is 11.6. The van der Waals surface area contributed by atoms with Crippen LogP contribution in [0, 0.1) is 0 Å². The Bertz CT molecular complexity index is 389. The topological polar surface area (TPSA) is 93.8 Å². The fraction of sp³-hybridized carbons (Fsp3) is 0.583. The molecule has 19 heavy (non-hydrogen) atoms. The van der Waals surface area contributed by atoms with Crippen LogP contribution in [0.3, 0.4) is 0 Å². The summed E-state index contributed by atoms with van der Waals surface area (Å²) in [5, 5.41) is 11.7. The zero-order chi connectivity index (χ0) is 13.9. The van der Waals surface area contributed by atoms with Crippen LogP contribution in [0.15, 0.2) is 23.5 Å². The van der Waals surface area contributed by atoms with E-state index in [0.717, 1.165) is 5.70 Å². The van der Waals surface area contributed by atoms with E-state index >= 15 is 0 Å². The van der Waals surface area contributed by atoms with E-state index in [1.54, 1.807) is 6.08 Å². The molecule has 7 heteroatoms. The molecule has 1 aliphatic carbocycles. The van der Waals surface area contributed by atoms with Gasteiger partial charge in [0.05, 0.1) is 49.2 Å². The Morgan fingerprint density at radius 3 is 2.68 bits per heavy atom. The van der Waals surface area contributed by atoms with Crippen LogP contribution in [0.4, 0.5) is 0 Å². The summed E-state index contributed by atoms with van der Waals surface area (Å²) < 4.78 is 21.2. The fourth-order valence-electron chi connectivity index (χ4n) is 1.49. The summed E-state index contributed by atoms with van der Waals surface area (Å²) in [5.41, 5.74) is 7.17. The summed E-state index contributed by atoms with van der Waals surface area (Å²) in [4.78, 5) is 0.642. The van der Waals surface area contributed by atoms with Gasteiger partial charge in [0.15, 0.2) is 0 Å². The number of hydrogen-bond acceptors (Lipinski definition) is 6. The molecule has 0 aromatic heterocycles. The molecule has 0 aromatic rings. The van der Waals surface area contributed by atoms with E-state index in [1.165, 1.54) is 0 Å². The predicted octanol–water partition coefficient (Wildman–Crippen LogP) is -0.883. The fourth-order valence-corrected chi connectivity index (χ4v) is 1.87. The number of aliphatic hydroxyl groups excluding tert-OH is 1. The van der Waals surface area contributed by atoms with Gasteiger partial charge >= 0.3 is 0 Å². The maximum atomic E-state index is 10.8. The quantitative estimate of drug-likeness (QED) is 0.377. The molecule has 0 saturated heterocycles. The Morgan fingerprint density at radius 1 is 1.26 bits per heavy atom. The van der Waals surface area contributed by atoms with Crippen molar-refractivity contribution in [3.63, 3.8) is 0 Å². The van der Waals surface area contributed by atoms with E-state index in [0.29, 0.717) is 61.2 Å². The average molecular weight is 288 g/mol. The normalized spacial score (nSPS) is 14.9. The third kappa shape index (κ3) is 6.53. The minimum atomic E-state index is 0.0307. The molecule has 0 bridgehead atoms. The lowest BCUT2D eigenvalue weighted by Crippen LogP contribution is -2.25. The first-order chi connectivity index (χ1) is 9.27. The zero-order valence-electron chi connectivity index (χ0n) is 10.8. The molecule has 0 spiro atoms. The van der Waals surface area contributed by atoms with Gasteiger partial charge in [-0.25, -0.2) is 4.21 Å². The van der Waals surface area contributed by atoms with Crippen LogP contribution in [0.1, 0.15) is 6.42 Å². The molecule has 4 N–H and O–H groups in total. The van der Waals surface area contributed by atoms with Crippen molar-refractivity contribution in [1.82, 2.24) is 5.32 Å². The predicted molar refractivity (Wildman–Crippen MR) is 74.8 cm³/mol. The van der Waals surface area contributed by atoms with Gasteiger partial charge in [-0.15, -0.1) is 0 Å². The first kappa shape index (κ1) is 15.9. The van der Waals surface area contributed by atoms with Gasteiger partial charge in [-0.3, -0.25) is 0 Å². The SMILES string of the molecule is NC1=CC=C(NCCOCCOCCO)CC1=S=O. The Hall–Kier alpha value is -1.15. The lowest BCUT2D eigenvalue weighted by atomic mass is 10.1. The van der Waals surface area contributed by atoms with Gasteiger partial charge in [0.2, 0.25) is 0 Å². The summed E-state index contributed by atoms with van der Waals surface area (Å²) in [6.45, 7) is 2.57. The van der Waals surface area contributed by atoms with E-state index in [2.05, 4.69) is 5.32 Å². The second-order valence-corrected chi connectivity index (χ2v) is 4.53. The Morgan fingerprint density at radius 2 is 2.00 bits per heavy atom.